The Hall–Kier alpha value is -1.16. The van der Waals surface area contributed by atoms with Crippen molar-refractivity contribution in [3.63, 3.8) is 0 Å². The van der Waals surface area contributed by atoms with Crippen LogP contribution in [-0.4, -0.2) is 13.2 Å². The highest BCUT2D eigenvalue weighted by Crippen LogP contribution is 2.26. The minimum absolute atomic E-state index is 0.470. The first-order chi connectivity index (χ1) is 9.06. The molecule has 0 amide bonds. The number of hydrogen-bond donors (Lipinski definition) is 1. The van der Waals surface area contributed by atoms with Crippen molar-refractivity contribution in [3.8, 4) is 5.75 Å². The Labute approximate surface area is 122 Å². The molecule has 19 heavy (non-hydrogen) atoms. The van der Waals surface area contributed by atoms with Gasteiger partial charge in [-0.3, -0.25) is 0 Å². The van der Waals surface area contributed by atoms with E-state index in [1.54, 1.807) is 18.2 Å². The topological polar surface area (TPSA) is 30.5 Å². The predicted molar refractivity (Wildman–Crippen MR) is 77.5 cm³/mol. The van der Waals surface area contributed by atoms with Gasteiger partial charge in [0.05, 0.1) is 16.6 Å². The minimum Gasteiger partial charge on any atom is -0.489 e. The molecule has 0 bridgehead atoms. The van der Waals surface area contributed by atoms with E-state index in [1.165, 1.54) is 5.57 Å². The second kappa shape index (κ2) is 6.33. The maximum Gasteiger partial charge on any atom is 0.147 e. The van der Waals surface area contributed by atoms with Crippen LogP contribution in [0.25, 0.3) is 0 Å². The van der Waals surface area contributed by atoms with Gasteiger partial charge in [-0.15, -0.1) is 0 Å². The van der Waals surface area contributed by atoms with Crippen molar-refractivity contribution in [1.82, 2.24) is 5.48 Å². The molecule has 1 aliphatic heterocycles. The van der Waals surface area contributed by atoms with Gasteiger partial charge in [0, 0.05) is 6.07 Å². The fourth-order valence-electron chi connectivity index (χ4n) is 1.58. The molecule has 0 atom stereocenters. The smallest absolute Gasteiger partial charge is 0.147 e. The Morgan fingerprint density at radius 1 is 1.42 bits per heavy atom. The van der Waals surface area contributed by atoms with Crippen LogP contribution in [0.1, 0.15) is 13.8 Å². The number of rotatable bonds is 4. The second-order valence-corrected chi connectivity index (χ2v) is 5.24. The van der Waals surface area contributed by atoms with E-state index in [-0.39, 0.29) is 0 Å². The quantitative estimate of drug-likeness (QED) is 0.907. The molecule has 0 fully saturated rings. The fourth-order valence-corrected chi connectivity index (χ4v) is 1.87. The third-order valence-electron chi connectivity index (χ3n) is 2.68. The molecule has 3 nitrogen and oxygen atoms in total. The summed E-state index contributed by atoms with van der Waals surface area (Å²) in [5.74, 6) is 1.55. The lowest BCUT2D eigenvalue weighted by atomic mass is 10.2. The molecule has 0 saturated carbocycles. The van der Waals surface area contributed by atoms with E-state index in [4.69, 9.17) is 32.8 Å². The average Bonchev–Trinajstić information content (AvgIpc) is 2.77. The first kappa shape index (κ1) is 14.3. The Bertz CT molecular complexity index is 538. The monoisotopic (exact) mass is 299 g/mol. The molecule has 0 saturated heterocycles. The van der Waals surface area contributed by atoms with Crippen LogP contribution in [0.3, 0.4) is 0 Å². The molecule has 1 aromatic rings. The molecule has 1 aromatic carbocycles. The van der Waals surface area contributed by atoms with E-state index in [1.807, 2.05) is 19.9 Å². The molecule has 0 aromatic heterocycles. The van der Waals surface area contributed by atoms with E-state index in [2.05, 4.69) is 5.48 Å². The maximum absolute atomic E-state index is 5.92. The largest absolute Gasteiger partial charge is 0.489 e. The summed E-state index contributed by atoms with van der Waals surface area (Å²) < 4.78 is 5.64. The summed E-state index contributed by atoms with van der Waals surface area (Å²) in [6, 6.07) is 5.21. The molecule has 0 radical (unpaired) electrons. The van der Waals surface area contributed by atoms with Crippen molar-refractivity contribution in [3.05, 3.63) is 51.2 Å². The Morgan fingerprint density at radius 3 is 2.84 bits per heavy atom. The van der Waals surface area contributed by atoms with Crippen LogP contribution in [0, 0.1) is 0 Å². The molecule has 0 unspecified atom stereocenters. The van der Waals surface area contributed by atoms with Gasteiger partial charge in [-0.05, 0) is 43.2 Å². The van der Waals surface area contributed by atoms with E-state index in [0.29, 0.717) is 22.4 Å². The average molecular weight is 300 g/mol. The van der Waals surface area contributed by atoms with Gasteiger partial charge in [0.15, 0.2) is 0 Å². The van der Waals surface area contributed by atoms with Crippen molar-refractivity contribution in [2.45, 2.75) is 13.8 Å². The maximum atomic E-state index is 5.92. The van der Waals surface area contributed by atoms with E-state index in [0.717, 1.165) is 17.9 Å². The van der Waals surface area contributed by atoms with Gasteiger partial charge in [0.2, 0.25) is 0 Å². The number of allylic oxidation sites excluding steroid dienone is 1. The Balaban J connectivity index is 1.96. The normalized spacial score (nSPS) is 15.7. The number of nitrogens with one attached hydrogen (secondary N) is 1. The zero-order valence-electron chi connectivity index (χ0n) is 10.8. The standard InChI is InChI=1S/C14H15Cl2NO2/c1-9(5-14-10(2)7-17-19-14)8-18-11-3-4-12(15)13(16)6-11/h3-6,17H,7-8H2,1-2H3/b9-5+. The first-order valence-corrected chi connectivity index (χ1v) is 6.66. The number of benzene rings is 1. The van der Waals surface area contributed by atoms with E-state index >= 15 is 0 Å². The van der Waals surface area contributed by atoms with Crippen molar-refractivity contribution < 1.29 is 9.57 Å². The van der Waals surface area contributed by atoms with Crippen LogP contribution < -0.4 is 10.2 Å². The third kappa shape index (κ3) is 3.90. The lowest BCUT2D eigenvalue weighted by Gasteiger charge is -2.08. The summed E-state index contributed by atoms with van der Waals surface area (Å²) in [5, 5.41) is 1.01. The molecular weight excluding hydrogens is 285 g/mol. The summed E-state index contributed by atoms with van der Waals surface area (Å²) in [6.07, 6.45) is 1.97. The van der Waals surface area contributed by atoms with Gasteiger partial charge in [-0.25, -0.2) is 0 Å². The van der Waals surface area contributed by atoms with Crippen LogP contribution in [0.4, 0.5) is 0 Å². The molecular formula is C14H15Cl2NO2. The predicted octanol–water partition coefficient (Wildman–Crippen LogP) is 4.13. The molecule has 1 aliphatic rings. The van der Waals surface area contributed by atoms with Crippen LogP contribution in [0.15, 0.2) is 41.2 Å². The summed E-state index contributed by atoms with van der Waals surface area (Å²) in [4.78, 5) is 5.28. The Morgan fingerprint density at radius 2 is 2.21 bits per heavy atom. The van der Waals surface area contributed by atoms with Gasteiger partial charge in [0.25, 0.3) is 0 Å². The zero-order valence-corrected chi connectivity index (χ0v) is 12.3. The summed E-state index contributed by atoms with van der Waals surface area (Å²) in [5.41, 5.74) is 5.06. The highest BCUT2D eigenvalue weighted by atomic mass is 35.5. The molecule has 102 valence electrons. The first-order valence-electron chi connectivity index (χ1n) is 5.91. The van der Waals surface area contributed by atoms with Crippen LogP contribution in [0.2, 0.25) is 10.0 Å². The fraction of sp³-hybridized carbons (Fsp3) is 0.286. The van der Waals surface area contributed by atoms with Gasteiger partial charge in [-0.1, -0.05) is 23.2 Å². The molecule has 2 rings (SSSR count). The van der Waals surface area contributed by atoms with Crippen molar-refractivity contribution in [2.75, 3.05) is 13.2 Å². The van der Waals surface area contributed by atoms with Gasteiger partial charge in [-0.2, -0.15) is 5.48 Å². The lowest BCUT2D eigenvalue weighted by Crippen LogP contribution is -2.05. The molecule has 0 spiro atoms. The van der Waals surface area contributed by atoms with Crippen LogP contribution >= 0.6 is 23.2 Å². The van der Waals surface area contributed by atoms with Crippen LogP contribution in [-0.2, 0) is 4.84 Å². The van der Waals surface area contributed by atoms with Crippen molar-refractivity contribution >= 4 is 23.2 Å². The Kier molecular flexibility index (Phi) is 4.75. The number of ether oxygens (including phenoxy) is 1. The summed E-state index contributed by atoms with van der Waals surface area (Å²) >= 11 is 11.8. The van der Waals surface area contributed by atoms with E-state index < -0.39 is 0 Å². The van der Waals surface area contributed by atoms with Crippen molar-refractivity contribution in [2.24, 2.45) is 0 Å². The SMILES string of the molecule is CC1=C(/C=C(\C)COc2ccc(Cl)c(Cl)c2)ONC1. The van der Waals surface area contributed by atoms with Crippen molar-refractivity contribution in [1.29, 1.82) is 0 Å². The molecule has 1 N–H and O–H groups in total. The molecule has 1 heterocycles. The van der Waals surface area contributed by atoms with Gasteiger partial charge in [0.1, 0.15) is 18.1 Å². The highest BCUT2D eigenvalue weighted by Gasteiger charge is 2.09. The molecule has 0 aliphatic carbocycles. The number of hydroxylamine groups is 1. The number of hydrogen-bond acceptors (Lipinski definition) is 3. The third-order valence-corrected chi connectivity index (χ3v) is 3.41. The van der Waals surface area contributed by atoms with Gasteiger partial charge >= 0.3 is 0 Å². The zero-order chi connectivity index (χ0) is 13.8. The highest BCUT2D eigenvalue weighted by molar-refractivity contribution is 6.42. The minimum atomic E-state index is 0.470. The second-order valence-electron chi connectivity index (χ2n) is 4.42. The molecule has 5 heteroatoms. The summed E-state index contributed by atoms with van der Waals surface area (Å²) in [7, 11) is 0. The van der Waals surface area contributed by atoms with Gasteiger partial charge < -0.3 is 9.57 Å². The summed E-state index contributed by atoms with van der Waals surface area (Å²) in [6.45, 7) is 5.24. The van der Waals surface area contributed by atoms with Crippen LogP contribution in [0.5, 0.6) is 5.75 Å². The lowest BCUT2D eigenvalue weighted by molar-refractivity contribution is 0.148. The number of halogens is 2. The van der Waals surface area contributed by atoms with E-state index in [9.17, 15) is 0 Å².